The largest absolute Gasteiger partial charge is 0.490 e. The van der Waals surface area contributed by atoms with Crippen molar-refractivity contribution >= 4 is 17.4 Å². The van der Waals surface area contributed by atoms with Crippen molar-refractivity contribution in [3.05, 3.63) is 28.9 Å². The number of aromatic nitrogens is 2. The van der Waals surface area contributed by atoms with E-state index in [9.17, 15) is 0 Å². The van der Waals surface area contributed by atoms with Crippen LogP contribution in [0.3, 0.4) is 0 Å². The van der Waals surface area contributed by atoms with Crippen molar-refractivity contribution in [2.45, 2.75) is 72.4 Å². The third-order valence-electron chi connectivity index (χ3n) is 4.97. The van der Waals surface area contributed by atoms with Crippen molar-refractivity contribution < 1.29 is 9.47 Å². The molecule has 2 aromatic rings. The zero-order valence-electron chi connectivity index (χ0n) is 17.8. The topological polar surface area (TPSA) is 56.3 Å². The van der Waals surface area contributed by atoms with Crippen molar-refractivity contribution in [2.75, 3.05) is 12.4 Å². The minimum Gasteiger partial charge on any atom is -0.490 e. The van der Waals surface area contributed by atoms with E-state index in [1.807, 2.05) is 25.1 Å². The van der Waals surface area contributed by atoms with Gasteiger partial charge in [0.15, 0.2) is 5.82 Å². The van der Waals surface area contributed by atoms with E-state index in [2.05, 4.69) is 33.0 Å². The van der Waals surface area contributed by atoms with Crippen molar-refractivity contribution in [1.82, 2.24) is 9.97 Å². The first-order chi connectivity index (χ1) is 13.5. The maximum Gasteiger partial charge on any atom is 0.257 e. The van der Waals surface area contributed by atoms with Gasteiger partial charge in [0.25, 0.3) is 5.88 Å². The summed E-state index contributed by atoms with van der Waals surface area (Å²) in [4.78, 5) is 9.40. The van der Waals surface area contributed by atoms with Gasteiger partial charge in [0.1, 0.15) is 5.75 Å². The van der Waals surface area contributed by atoms with Crippen LogP contribution in [0.4, 0.5) is 5.82 Å². The molecular formula is C22H32ClN3O2. The SMILES string of the molecule is CCC(CC)Nc1nc(C)c(-c2ccc(OC(CC)CC)cc2Cl)nc1OC. The second kappa shape index (κ2) is 10.5. The summed E-state index contributed by atoms with van der Waals surface area (Å²) in [6.45, 7) is 10.5. The summed E-state index contributed by atoms with van der Waals surface area (Å²) in [5, 5.41) is 4.01. The fraction of sp³-hybridized carbons (Fsp3) is 0.545. The molecule has 0 bridgehead atoms. The fourth-order valence-electron chi connectivity index (χ4n) is 3.09. The number of nitrogens with one attached hydrogen (secondary N) is 1. The first kappa shape index (κ1) is 22.3. The highest BCUT2D eigenvalue weighted by Crippen LogP contribution is 2.35. The molecule has 0 aliphatic carbocycles. The molecule has 0 aliphatic heterocycles. The standard InChI is InChI=1S/C22H32ClN3O2/c1-7-15(8-2)25-21-22(27-6)26-20(14(5)24-21)18-12-11-17(13-19(18)23)28-16(9-3)10-4/h11-13,15-16H,7-10H2,1-6H3,(H,24,25). The molecule has 28 heavy (non-hydrogen) atoms. The maximum atomic E-state index is 6.57. The van der Waals surface area contributed by atoms with Gasteiger partial charge in [-0.3, -0.25) is 0 Å². The zero-order chi connectivity index (χ0) is 20.7. The second-order valence-corrected chi connectivity index (χ2v) is 7.28. The fourth-order valence-corrected chi connectivity index (χ4v) is 3.35. The number of anilines is 1. The molecule has 0 spiro atoms. The number of benzene rings is 1. The third kappa shape index (κ3) is 5.28. The summed E-state index contributed by atoms with van der Waals surface area (Å²) in [7, 11) is 1.61. The Balaban J connectivity index is 2.36. The molecule has 154 valence electrons. The third-order valence-corrected chi connectivity index (χ3v) is 5.28. The van der Waals surface area contributed by atoms with Crippen LogP contribution in [0, 0.1) is 6.92 Å². The van der Waals surface area contributed by atoms with Gasteiger partial charge in [-0.25, -0.2) is 9.97 Å². The molecule has 0 radical (unpaired) electrons. The first-order valence-corrected chi connectivity index (χ1v) is 10.5. The van der Waals surface area contributed by atoms with Gasteiger partial charge in [-0.2, -0.15) is 0 Å². The predicted molar refractivity (Wildman–Crippen MR) is 117 cm³/mol. The Kier molecular flexibility index (Phi) is 8.36. The molecule has 5 nitrogen and oxygen atoms in total. The van der Waals surface area contributed by atoms with Gasteiger partial charge in [-0.15, -0.1) is 0 Å². The van der Waals surface area contributed by atoms with Crippen LogP contribution in [0.15, 0.2) is 18.2 Å². The van der Waals surface area contributed by atoms with E-state index in [1.54, 1.807) is 7.11 Å². The second-order valence-electron chi connectivity index (χ2n) is 6.87. The van der Waals surface area contributed by atoms with Crippen LogP contribution < -0.4 is 14.8 Å². The molecule has 6 heteroatoms. The number of hydrogen-bond donors (Lipinski definition) is 1. The number of aryl methyl sites for hydroxylation is 1. The number of nitrogens with zero attached hydrogens (tertiary/aromatic N) is 2. The van der Waals surface area contributed by atoms with Gasteiger partial charge in [0, 0.05) is 11.6 Å². The lowest BCUT2D eigenvalue weighted by Gasteiger charge is -2.19. The Hall–Kier alpha value is -2.01. The molecule has 1 aromatic heterocycles. The number of halogens is 1. The van der Waals surface area contributed by atoms with Crippen LogP contribution in [-0.2, 0) is 0 Å². The number of rotatable bonds is 10. The Morgan fingerprint density at radius 3 is 2.25 bits per heavy atom. The van der Waals surface area contributed by atoms with Crippen molar-refractivity contribution in [2.24, 2.45) is 0 Å². The van der Waals surface area contributed by atoms with Gasteiger partial charge in [0.2, 0.25) is 0 Å². The molecule has 0 amide bonds. The molecule has 0 saturated heterocycles. The highest BCUT2D eigenvalue weighted by atomic mass is 35.5. The van der Waals surface area contributed by atoms with E-state index < -0.39 is 0 Å². The van der Waals surface area contributed by atoms with E-state index in [0.717, 1.165) is 42.7 Å². The molecule has 0 aliphatic rings. The normalized spacial score (nSPS) is 11.2. The van der Waals surface area contributed by atoms with Crippen LogP contribution in [0.5, 0.6) is 11.6 Å². The monoisotopic (exact) mass is 405 g/mol. The molecule has 2 rings (SSSR count). The molecule has 1 heterocycles. The summed E-state index contributed by atoms with van der Waals surface area (Å²) < 4.78 is 11.5. The molecular weight excluding hydrogens is 374 g/mol. The maximum absolute atomic E-state index is 6.57. The van der Waals surface area contributed by atoms with E-state index in [1.165, 1.54) is 0 Å². The van der Waals surface area contributed by atoms with Gasteiger partial charge in [0.05, 0.1) is 29.6 Å². The van der Waals surface area contributed by atoms with E-state index in [0.29, 0.717) is 28.5 Å². The molecule has 0 atom stereocenters. The summed E-state index contributed by atoms with van der Waals surface area (Å²) in [6, 6.07) is 6.05. The lowest BCUT2D eigenvalue weighted by molar-refractivity contribution is 0.193. The van der Waals surface area contributed by atoms with Gasteiger partial charge < -0.3 is 14.8 Å². The minimum absolute atomic E-state index is 0.193. The Labute approximate surface area is 173 Å². The number of methoxy groups -OCH3 is 1. The average Bonchev–Trinajstić information content (AvgIpc) is 2.70. The van der Waals surface area contributed by atoms with Crippen molar-refractivity contribution in [3.63, 3.8) is 0 Å². The smallest absolute Gasteiger partial charge is 0.257 e. The number of ether oxygens (including phenoxy) is 2. The molecule has 1 N–H and O–H groups in total. The van der Waals surface area contributed by atoms with Crippen molar-refractivity contribution in [1.29, 1.82) is 0 Å². The first-order valence-electron chi connectivity index (χ1n) is 10.1. The quantitative estimate of drug-likeness (QED) is 0.503. The zero-order valence-corrected chi connectivity index (χ0v) is 18.6. The molecule has 1 aromatic carbocycles. The van der Waals surface area contributed by atoms with Crippen LogP contribution in [0.25, 0.3) is 11.3 Å². The number of hydrogen-bond acceptors (Lipinski definition) is 5. The summed E-state index contributed by atoms with van der Waals surface area (Å²) in [5.74, 6) is 1.91. The average molecular weight is 406 g/mol. The summed E-state index contributed by atoms with van der Waals surface area (Å²) in [5.41, 5.74) is 2.33. The predicted octanol–water partition coefficient (Wildman–Crippen LogP) is 6.28. The minimum atomic E-state index is 0.193. The molecule has 0 unspecified atom stereocenters. The van der Waals surface area contributed by atoms with Crippen LogP contribution in [0.1, 0.15) is 59.1 Å². The van der Waals surface area contributed by atoms with Gasteiger partial charge >= 0.3 is 0 Å². The lowest BCUT2D eigenvalue weighted by Crippen LogP contribution is -2.19. The highest BCUT2D eigenvalue weighted by Gasteiger charge is 2.18. The van der Waals surface area contributed by atoms with Crippen LogP contribution >= 0.6 is 11.6 Å². The Bertz CT molecular complexity index is 775. The van der Waals surface area contributed by atoms with E-state index in [-0.39, 0.29) is 6.10 Å². The summed E-state index contributed by atoms with van der Waals surface area (Å²) >= 11 is 6.57. The lowest BCUT2D eigenvalue weighted by atomic mass is 10.1. The van der Waals surface area contributed by atoms with Crippen LogP contribution in [-0.4, -0.2) is 29.2 Å². The van der Waals surface area contributed by atoms with Gasteiger partial charge in [-0.1, -0.05) is 39.3 Å². The highest BCUT2D eigenvalue weighted by molar-refractivity contribution is 6.33. The van der Waals surface area contributed by atoms with E-state index in [4.69, 9.17) is 31.0 Å². The van der Waals surface area contributed by atoms with Crippen molar-refractivity contribution in [3.8, 4) is 22.9 Å². The van der Waals surface area contributed by atoms with E-state index >= 15 is 0 Å². The Morgan fingerprint density at radius 2 is 1.71 bits per heavy atom. The molecule has 0 fully saturated rings. The van der Waals surface area contributed by atoms with Crippen LogP contribution in [0.2, 0.25) is 5.02 Å². The van der Waals surface area contributed by atoms with Gasteiger partial charge in [-0.05, 0) is 50.8 Å². The molecule has 0 saturated carbocycles. The Morgan fingerprint density at radius 1 is 1.04 bits per heavy atom. The summed E-state index contributed by atoms with van der Waals surface area (Å²) in [6.07, 6.45) is 4.13.